The number of nitrogens with one attached hydrogen (secondary N) is 2. The van der Waals surface area contributed by atoms with Gasteiger partial charge in [-0.15, -0.1) is 0 Å². The van der Waals surface area contributed by atoms with E-state index in [2.05, 4.69) is 74.2 Å². The van der Waals surface area contributed by atoms with Crippen LogP contribution in [-0.4, -0.2) is 40.0 Å². The Morgan fingerprint density at radius 3 is 2.77 bits per heavy atom. The number of aromatic amines is 1. The molecule has 3 atom stereocenters. The van der Waals surface area contributed by atoms with E-state index in [1.807, 2.05) is 0 Å². The van der Waals surface area contributed by atoms with Crippen molar-refractivity contribution >= 4 is 16.8 Å². The van der Waals surface area contributed by atoms with Crippen molar-refractivity contribution in [2.24, 2.45) is 5.92 Å². The maximum absolute atomic E-state index is 13.0. The average molecular weight is 354 g/mol. The fraction of sp³-hybridized carbons (Fsp3) is 0.591. The normalized spacial score (nSPS) is 26.2. The number of likely N-dealkylation sites (tertiary alicyclic amines) is 1. The number of hydrogen-bond acceptors (Lipinski definition) is 2. The number of amides is 1. The molecule has 1 aromatic carbocycles. The van der Waals surface area contributed by atoms with Crippen LogP contribution in [0.3, 0.4) is 0 Å². The molecule has 1 saturated heterocycles. The van der Waals surface area contributed by atoms with E-state index >= 15 is 0 Å². The fourth-order valence-electron chi connectivity index (χ4n) is 4.99. The van der Waals surface area contributed by atoms with Crippen molar-refractivity contribution in [3.63, 3.8) is 0 Å². The van der Waals surface area contributed by atoms with Crippen molar-refractivity contribution in [3.8, 4) is 0 Å². The summed E-state index contributed by atoms with van der Waals surface area (Å²) in [6.45, 7) is 11.6. The summed E-state index contributed by atoms with van der Waals surface area (Å²) in [6, 6.07) is 7.52. The number of rotatable bonds is 2. The summed E-state index contributed by atoms with van der Waals surface area (Å²) >= 11 is 0. The number of H-pyrrole nitrogens is 1. The van der Waals surface area contributed by atoms with E-state index < -0.39 is 0 Å². The Balaban J connectivity index is 1.71. The minimum Gasteiger partial charge on any atom is -0.361 e. The number of aromatic nitrogens is 1. The van der Waals surface area contributed by atoms with Gasteiger partial charge in [0, 0.05) is 47.2 Å². The molecule has 1 amide bonds. The molecule has 0 bridgehead atoms. The Labute approximate surface area is 156 Å². The van der Waals surface area contributed by atoms with Gasteiger partial charge in [-0.25, -0.2) is 0 Å². The quantitative estimate of drug-likeness (QED) is 0.862. The van der Waals surface area contributed by atoms with Crippen molar-refractivity contribution in [1.29, 1.82) is 0 Å². The van der Waals surface area contributed by atoms with Crippen LogP contribution in [0, 0.1) is 5.92 Å². The average Bonchev–Trinajstić information content (AvgIpc) is 2.97. The molecule has 1 aromatic heterocycles. The molecule has 26 heavy (non-hydrogen) atoms. The highest BCUT2D eigenvalue weighted by Crippen LogP contribution is 2.45. The Morgan fingerprint density at radius 2 is 2.08 bits per heavy atom. The van der Waals surface area contributed by atoms with Crippen molar-refractivity contribution in [2.45, 2.75) is 71.0 Å². The van der Waals surface area contributed by atoms with E-state index in [9.17, 15) is 4.79 Å². The van der Waals surface area contributed by atoms with Gasteiger partial charge in [-0.3, -0.25) is 9.69 Å². The molecule has 2 heterocycles. The first kappa shape index (κ1) is 17.6. The van der Waals surface area contributed by atoms with Gasteiger partial charge in [0.05, 0.1) is 5.92 Å². The van der Waals surface area contributed by atoms with E-state index in [4.69, 9.17) is 0 Å². The summed E-state index contributed by atoms with van der Waals surface area (Å²) in [4.78, 5) is 19.0. The van der Waals surface area contributed by atoms with Gasteiger partial charge in [0.2, 0.25) is 5.91 Å². The van der Waals surface area contributed by atoms with Gasteiger partial charge in [0.25, 0.3) is 0 Å². The van der Waals surface area contributed by atoms with Crippen LogP contribution in [0.4, 0.5) is 0 Å². The monoisotopic (exact) mass is 353 g/mol. The second-order valence-electron chi connectivity index (χ2n) is 9.42. The van der Waals surface area contributed by atoms with Crippen LogP contribution in [0.2, 0.25) is 0 Å². The predicted molar refractivity (Wildman–Crippen MR) is 106 cm³/mol. The van der Waals surface area contributed by atoms with Gasteiger partial charge in [0.1, 0.15) is 0 Å². The van der Waals surface area contributed by atoms with E-state index in [1.165, 1.54) is 22.0 Å². The zero-order valence-electron chi connectivity index (χ0n) is 16.6. The van der Waals surface area contributed by atoms with Crippen molar-refractivity contribution in [1.82, 2.24) is 15.2 Å². The van der Waals surface area contributed by atoms with Crippen LogP contribution >= 0.6 is 0 Å². The van der Waals surface area contributed by atoms with E-state index in [0.717, 1.165) is 19.4 Å². The number of benzene rings is 1. The molecular weight excluding hydrogens is 322 g/mol. The third-order valence-electron chi connectivity index (χ3n) is 6.04. The molecule has 4 heteroatoms. The second-order valence-corrected chi connectivity index (χ2v) is 9.42. The lowest BCUT2D eigenvalue weighted by atomic mass is 9.71. The Kier molecular flexibility index (Phi) is 4.14. The zero-order valence-corrected chi connectivity index (χ0v) is 16.6. The van der Waals surface area contributed by atoms with Crippen LogP contribution in [-0.2, 0) is 11.2 Å². The van der Waals surface area contributed by atoms with Crippen LogP contribution in [0.15, 0.2) is 24.4 Å². The second kappa shape index (κ2) is 6.12. The molecule has 140 valence electrons. The fourth-order valence-corrected chi connectivity index (χ4v) is 4.99. The lowest BCUT2D eigenvalue weighted by molar-refractivity contribution is -0.129. The summed E-state index contributed by atoms with van der Waals surface area (Å²) in [6.07, 6.45) is 4.20. The predicted octanol–water partition coefficient (Wildman–Crippen LogP) is 3.82. The Bertz CT molecular complexity index is 830. The van der Waals surface area contributed by atoms with Gasteiger partial charge in [-0.05, 0) is 64.7 Å². The first-order valence-electron chi connectivity index (χ1n) is 9.91. The molecule has 0 spiro atoms. The van der Waals surface area contributed by atoms with Crippen molar-refractivity contribution in [3.05, 3.63) is 35.5 Å². The molecule has 2 aliphatic rings. The number of hydrogen-bond donors (Lipinski definition) is 2. The minimum atomic E-state index is -0.184. The number of nitrogens with zero attached hydrogens (tertiary/aromatic N) is 1. The number of carbonyl (C=O) groups is 1. The maximum atomic E-state index is 13.0. The summed E-state index contributed by atoms with van der Waals surface area (Å²) < 4.78 is 0. The molecule has 2 N–H and O–H groups in total. The van der Waals surface area contributed by atoms with Gasteiger partial charge >= 0.3 is 0 Å². The van der Waals surface area contributed by atoms with Gasteiger partial charge < -0.3 is 10.3 Å². The highest BCUT2D eigenvalue weighted by atomic mass is 16.2. The van der Waals surface area contributed by atoms with Crippen molar-refractivity contribution < 1.29 is 4.79 Å². The molecule has 2 aromatic rings. The summed E-state index contributed by atoms with van der Waals surface area (Å²) in [5, 5.41) is 4.61. The highest BCUT2D eigenvalue weighted by molar-refractivity contribution is 5.88. The molecule has 0 radical (unpaired) electrons. The molecule has 4 rings (SSSR count). The third kappa shape index (κ3) is 2.94. The Hall–Kier alpha value is -1.81. The van der Waals surface area contributed by atoms with Gasteiger partial charge in [-0.2, -0.15) is 0 Å². The minimum absolute atomic E-state index is 0.0497. The van der Waals surface area contributed by atoms with Crippen molar-refractivity contribution in [2.75, 3.05) is 6.54 Å². The zero-order chi connectivity index (χ0) is 18.6. The van der Waals surface area contributed by atoms with Crippen LogP contribution in [0.1, 0.15) is 58.1 Å². The molecule has 1 aliphatic carbocycles. The molecular formula is C22H31N3O. The number of fused-ring (bicyclic) bond motifs is 2. The van der Waals surface area contributed by atoms with E-state index in [0.29, 0.717) is 18.0 Å². The summed E-state index contributed by atoms with van der Waals surface area (Å²) in [7, 11) is 0. The first-order chi connectivity index (χ1) is 12.2. The van der Waals surface area contributed by atoms with E-state index in [-0.39, 0.29) is 17.4 Å². The smallest absolute Gasteiger partial charge is 0.224 e. The molecule has 1 unspecified atom stereocenters. The maximum Gasteiger partial charge on any atom is 0.224 e. The molecule has 1 aliphatic heterocycles. The summed E-state index contributed by atoms with van der Waals surface area (Å²) in [5.74, 6) is 0.677. The van der Waals surface area contributed by atoms with E-state index in [1.54, 1.807) is 0 Å². The lowest BCUT2D eigenvalue weighted by Gasteiger charge is -2.48. The highest BCUT2D eigenvalue weighted by Gasteiger charge is 2.43. The van der Waals surface area contributed by atoms with Gasteiger partial charge in [0.15, 0.2) is 0 Å². The number of carbonyl (C=O) groups excluding carboxylic acids is 1. The SMILES string of the molecule is CC(C)N1CC(C(=O)NC(C)(C)C)C[C@@H]2c3cccc4[nH]cc(c34)C[C@H]21. The third-order valence-corrected chi connectivity index (χ3v) is 6.04. The molecule has 4 nitrogen and oxygen atoms in total. The van der Waals surface area contributed by atoms with Crippen LogP contribution in [0.5, 0.6) is 0 Å². The van der Waals surface area contributed by atoms with Crippen LogP contribution in [0.25, 0.3) is 10.9 Å². The van der Waals surface area contributed by atoms with Crippen LogP contribution < -0.4 is 5.32 Å². The topological polar surface area (TPSA) is 48.1 Å². The standard InChI is InChI=1S/C22H31N3O/c1-13(2)25-12-15(21(26)24-22(3,4)5)9-17-16-7-6-8-18-20(16)14(11-23-18)10-19(17)25/h6-8,11,13,15,17,19,23H,9-10,12H2,1-5H3,(H,24,26)/t15?,17-,19-/m1/s1. The largest absolute Gasteiger partial charge is 0.361 e. The summed E-state index contributed by atoms with van der Waals surface area (Å²) in [5.41, 5.74) is 3.90. The molecule has 1 fully saturated rings. The lowest BCUT2D eigenvalue weighted by Crippen LogP contribution is -2.56. The molecule has 0 saturated carbocycles. The number of piperidine rings is 1. The Morgan fingerprint density at radius 1 is 1.31 bits per heavy atom. The van der Waals surface area contributed by atoms with Gasteiger partial charge in [-0.1, -0.05) is 12.1 Å². The first-order valence-corrected chi connectivity index (χ1v) is 9.91.